The third-order valence-electron chi connectivity index (χ3n) is 2.50. The second kappa shape index (κ2) is 9.15. The zero-order chi connectivity index (χ0) is 15.7. The molecule has 0 fully saturated rings. The summed E-state index contributed by atoms with van der Waals surface area (Å²) in [4.78, 5) is 11.7. The Labute approximate surface area is 122 Å². The molecule has 1 aromatic rings. The molecular weight excluding hydrogens is 283 g/mol. The Morgan fingerprint density at radius 1 is 1.00 bits per heavy atom. The van der Waals surface area contributed by atoms with E-state index in [1.807, 2.05) is 0 Å². The number of benzene rings is 1. The van der Waals surface area contributed by atoms with Crippen molar-refractivity contribution in [2.45, 2.75) is 0 Å². The highest BCUT2D eigenvalue weighted by Gasteiger charge is 2.20. The SMILES string of the molecule is COCCOc1cc(F)cc(C(=O)OC)c1OCCOC. The molecule has 0 unspecified atom stereocenters. The highest BCUT2D eigenvalue weighted by atomic mass is 19.1. The molecule has 7 heteroatoms. The summed E-state index contributed by atoms with van der Waals surface area (Å²) in [5.41, 5.74) is -0.0407. The van der Waals surface area contributed by atoms with Gasteiger partial charge in [0, 0.05) is 20.3 Å². The van der Waals surface area contributed by atoms with Crippen LogP contribution < -0.4 is 9.47 Å². The average molecular weight is 302 g/mol. The molecule has 0 aliphatic carbocycles. The lowest BCUT2D eigenvalue weighted by Gasteiger charge is -2.15. The van der Waals surface area contributed by atoms with Crippen LogP contribution in [0.4, 0.5) is 4.39 Å². The fourth-order valence-corrected chi connectivity index (χ4v) is 1.55. The Hall–Kier alpha value is -1.86. The Morgan fingerprint density at radius 3 is 2.19 bits per heavy atom. The van der Waals surface area contributed by atoms with E-state index in [9.17, 15) is 9.18 Å². The predicted molar refractivity (Wildman–Crippen MR) is 72.5 cm³/mol. The lowest BCUT2D eigenvalue weighted by atomic mass is 10.1. The van der Waals surface area contributed by atoms with Crippen LogP contribution in [0.1, 0.15) is 10.4 Å². The summed E-state index contributed by atoms with van der Waals surface area (Å²) < 4.78 is 38.8. The predicted octanol–water partition coefficient (Wildman–Crippen LogP) is 1.66. The van der Waals surface area contributed by atoms with Crippen LogP contribution in [0.2, 0.25) is 0 Å². The van der Waals surface area contributed by atoms with Crippen LogP contribution in [0, 0.1) is 5.82 Å². The molecule has 0 radical (unpaired) electrons. The van der Waals surface area contributed by atoms with Crippen molar-refractivity contribution in [2.24, 2.45) is 0 Å². The highest BCUT2D eigenvalue weighted by molar-refractivity contribution is 5.93. The molecule has 0 spiro atoms. The standard InChI is InChI=1S/C14H19FO6/c1-17-4-6-20-12-9-10(15)8-11(14(16)19-3)13(12)21-7-5-18-2/h8-9H,4-7H2,1-3H3. The average Bonchev–Trinajstić information content (AvgIpc) is 2.48. The van der Waals surface area contributed by atoms with Crippen molar-refractivity contribution in [1.82, 2.24) is 0 Å². The fourth-order valence-electron chi connectivity index (χ4n) is 1.55. The number of hydrogen-bond acceptors (Lipinski definition) is 6. The van der Waals surface area contributed by atoms with Gasteiger partial charge in [0.1, 0.15) is 24.6 Å². The number of rotatable bonds is 9. The van der Waals surface area contributed by atoms with Gasteiger partial charge in [-0.2, -0.15) is 0 Å². The Balaban J connectivity index is 3.05. The van der Waals surface area contributed by atoms with Gasteiger partial charge in [-0.3, -0.25) is 0 Å². The van der Waals surface area contributed by atoms with Crippen LogP contribution in [-0.2, 0) is 14.2 Å². The molecule has 1 aromatic carbocycles. The van der Waals surface area contributed by atoms with E-state index < -0.39 is 11.8 Å². The second-order valence-electron chi connectivity index (χ2n) is 3.95. The lowest BCUT2D eigenvalue weighted by Crippen LogP contribution is -2.13. The number of carbonyl (C=O) groups is 1. The van der Waals surface area contributed by atoms with Crippen LogP contribution in [0.3, 0.4) is 0 Å². The largest absolute Gasteiger partial charge is 0.487 e. The van der Waals surface area contributed by atoms with Gasteiger partial charge in [0.25, 0.3) is 0 Å². The van der Waals surface area contributed by atoms with Gasteiger partial charge in [-0.1, -0.05) is 0 Å². The van der Waals surface area contributed by atoms with Crippen molar-refractivity contribution in [3.63, 3.8) is 0 Å². The maximum absolute atomic E-state index is 13.6. The summed E-state index contributed by atoms with van der Waals surface area (Å²) in [7, 11) is 4.24. The van der Waals surface area contributed by atoms with Gasteiger partial charge < -0.3 is 23.7 Å². The molecule has 0 amide bonds. The fraction of sp³-hybridized carbons (Fsp3) is 0.500. The first-order valence-electron chi connectivity index (χ1n) is 6.29. The van der Waals surface area contributed by atoms with E-state index in [2.05, 4.69) is 4.74 Å². The minimum atomic E-state index is -0.710. The van der Waals surface area contributed by atoms with E-state index in [1.54, 1.807) is 0 Å². The van der Waals surface area contributed by atoms with Gasteiger partial charge in [-0.25, -0.2) is 9.18 Å². The Morgan fingerprint density at radius 2 is 1.62 bits per heavy atom. The maximum Gasteiger partial charge on any atom is 0.341 e. The molecule has 1 rings (SSSR count). The van der Waals surface area contributed by atoms with Crippen molar-refractivity contribution in [3.05, 3.63) is 23.5 Å². The molecule has 6 nitrogen and oxygen atoms in total. The molecule has 21 heavy (non-hydrogen) atoms. The third kappa shape index (κ3) is 5.20. The van der Waals surface area contributed by atoms with Crippen molar-refractivity contribution in [2.75, 3.05) is 47.8 Å². The van der Waals surface area contributed by atoms with Crippen LogP contribution in [0.5, 0.6) is 11.5 Å². The van der Waals surface area contributed by atoms with E-state index in [1.165, 1.54) is 21.3 Å². The van der Waals surface area contributed by atoms with Gasteiger partial charge in [0.05, 0.1) is 20.3 Å². The van der Waals surface area contributed by atoms with Crippen molar-refractivity contribution in [3.8, 4) is 11.5 Å². The van der Waals surface area contributed by atoms with Gasteiger partial charge >= 0.3 is 5.97 Å². The van der Waals surface area contributed by atoms with Gasteiger partial charge in [0.15, 0.2) is 11.5 Å². The quantitative estimate of drug-likeness (QED) is 0.511. The molecule has 0 aliphatic rings. The number of esters is 1. The highest BCUT2D eigenvalue weighted by Crippen LogP contribution is 2.33. The van der Waals surface area contributed by atoms with E-state index in [4.69, 9.17) is 18.9 Å². The first-order valence-corrected chi connectivity index (χ1v) is 6.29. The summed E-state index contributed by atoms with van der Waals surface area (Å²) >= 11 is 0. The van der Waals surface area contributed by atoms with E-state index in [0.717, 1.165) is 12.1 Å². The number of carbonyl (C=O) groups excluding carboxylic acids is 1. The topological polar surface area (TPSA) is 63.2 Å². The molecule has 0 aromatic heterocycles. The molecule has 118 valence electrons. The molecular formula is C14H19FO6. The molecule has 0 N–H and O–H groups in total. The zero-order valence-electron chi connectivity index (χ0n) is 12.3. The summed E-state index contributed by atoms with van der Waals surface area (Å²) in [6, 6.07) is 2.18. The van der Waals surface area contributed by atoms with Gasteiger partial charge in [0.2, 0.25) is 0 Å². The summed E-state index contributed by atoms with van der Waals surface area (Å²) in [5, 5.41) is 0. The molecule has 0 bridgehead atoms. The lowest BCUT2D eigenvalue weighted by molar-refractivity contribution is 0.0591. The first-order chi connectivity index (χ1) is 10.1. The molecule has 0 aliphatic heterocycles. The van der Waals surface area contributed by atoms with Crippen LogP contribution >= 0.6 is 0 Å². The van der Waals surface area contributed by atoms with Crippen LogP contribution in [0.15, 0.2) is 12.1 Å². The summed E-state index contributed by atoms with van der Waals surface area (Å²) in [6.45, 7) is 1.02. The van der Waals surface area contributed by atoms with Crippen molar-refractivity contribution < 1.29 is 32.9 Å². The molecule has 0 saturated carbocycles. The van der Waals surface area contributed by atoms with Crippen LogP contribution in [-0.4, -0.2) is 53.7 Å². The third-order valence-corrected chi connectivity index (χ3v) is 2.50. The number of ether oxygens (including phenoxy) is 5. The zero-order valence-corrected chi connectivity index (χ0v) is 12.3. The van der Waals surface area contributed by atoms with E-state index in [-0.39, 0.29) is 30.3 Å². The van der Waals surface area contributed by atoms with E-state index >= 15 is 0 Å². The van der Waals surface area contributed by atoms with Gasteiger partial charge in [-0.15, -0.1) is 0 Å². The minimum Gasteiger partial charge on any atom is -0.487 e. The first kappa shape index (κ1) is 17.2. The second-order valence-corrected chi connectivity index (χ2v) is 3.95. The molecule has 0 heterocycles. The normalized spacial score (nSPS) is 10.3. The van der Waals surface area contributed by atoms with E-state index in [0.29, 0.717) is 13.2 Å². The smallest absolute Gasteiger partial charge is 0.341 e. The Bertz CT molecular complexity index is 463. The maximum atomic E-state index is 13.6. The van der Waals surface area contributed by atoms with Crippen molar-refractivity contribution >= 4 is 5.97 Å². The number of halogens is 1. The number of methoxy groups -OCH3 is 3. The monoisotopic (exact) mass is 302 g/mol. The summed E-state index contributed by atoms with van der Waals surface area (Å²) in [6.07, 6.45) is 0. The molecule has 0 saturated heterocycles. The van der Waals surface area contributed by atoms with Gasteiger partial charge in [-0.05, 0) is 6.07 Å². The van der Waals surface area contributed by atoms with Crippen LogP contribution in [0.25, 0.3) is 0 Å². The number of hydrogen-bond donors (Lipinski definition) is 0. The van der Waals surface area contributed by atoms with Crippen molar-refractivity contribution in [1.29, 1.82) is 0 Å². The molecule has 0 atom stereocenters. The summed E-state index contributed by atoms with van der Waals surface area (Å²) in [5.74, 6) is -1.10. The minimum absolute atomic E-state index is 0.0407. The Kier molecular flexibility index (Phi) is 7.49.